The first-order valence-electron chi connectivity index (χ1n) is 13.7. The summed E-state index contributed by atoms with van der Waals surface area (Å²) >= 11 is 1.66. The molecule has 0 aliphatic carbocycles. The highest BCUT2D eigenvalue weighted by Gasteiger charge is 2.39. The number of methoxy groups -OCH3 is 3. The minimum Gasteiger partial charge on any atom is -0.497 e. The minimum absolute atomic E-state index is 0.190. The molecule has 220 valence electrons. The normalized spacial score (nSPS) is 13.2. The summed E-state index contributed by atoms with van der Waals surface area (Å²) in [6.45, 7) is 6.18. The average molecular weight is 579 g/mol. The molecule has 2 atom stereocenters. The van der Waals surface area contributed by atoms with Crippen molar-refractivity contribution in [2.24, 2.45) is 5.92 Å². The van der Waals surface area contributed by atoms with Crippen LogP contribution in [0.1, 0.15) is 43.9 Å². The number of hydrogen-bond donors (Lipinski definition) is 2. The zero-order valence-electron chi connectivity index (χ0n) is 25.1. The van der Waals surface area contributed by atoms with Crippen molar-refractivity contribution in [3.05, 3.63) is 83.4 Å². The molecular weight excluding hydrogens is 536 g/mol. The van der Waals surface area contributed by atoms with Crippen molar-refractivity contribution in [2.75, 3.05) is 28.4 Å². The van der Waals surface area contributed by atoms with Gasteiger partial charge in [0.05, 0.1) is 26.7 Å². The molecule has 41 heavy (non-hydrogen) atoms. The second-order valence-electron chi connectivity index (χ2n) is 10.6. The van der Waals surface area contributed by atoms with Gasteiger partial charge >= 0.3 is 0 Å². The van der Waals surface area contributed by atoms with E-state index >= 15 is 0 Å². The molecule has 3 aromatic carbocycles. The lowest BCUT2D eigenvalue weighted by atomic mass is 9.75. The molecule has 0 heterocycles. The summed E-state index contributed by atoms with van der Waals surface area (Å²) in [7, 11) is 6.49. The number of thioether (sulfide) groups is 1. The van der Waals surface area contributed by atoms with Gasteiger partial charge in [-0.15, -0.1) is 11.8 Å². The first-order chi connectivity index (χ1) is 19.6. The summed E-state index contributed by atoms with van der Waals surface area (Å²) in [6, 6.07) is 20.6. The number of carbonyl (C=O) groups is 2. The Morgan fingerprint density at radius 2 is 1.37 bits per heavy atom. The van der Waals surface area contributed by atoms with E-state index < -0.39 is 11.5 Å². The predicted octanol–water partition coefficient (Wildman–Crippen LogP) is 5.78. The molecule has 2 N–H and O–H groups in total. The third-order valence-electron chi connectivity index (χ3n) is 7.12. The molecule has 0 spiro atoms. The van der Waals surface area contributed by atoms with Crippen molar-refractivity contribution >= 4 is 23.6 Å². The Balaban J connectivity index is 1.94. The molecule has 8 heteroatoms. The summed E-state index contributed by atoms with van der Waals surface area (Å²) in [5.74, 6) is 2.77. The van der Waals surface area contributed by atoms with Crippen LogP contribution in [0.2, 0.25) is 0 Å². The van der Waals surface area contributed by atoms with Gasteiger partial charge in [-0.3, -0.25) is 9.59 Å². The second-order valence-corrected chi connectivity index (χ2v) is 11.6. The Hall–Kier alpha value is -3.65. The lowest BCUT2D eigenvalue weighted by Gasteiger charge is -2.34. The van der Waals surface area contributed by atoms with Gasteiger partial charge in [0.25, 0.3) is 0 Å². The Morgan fingerprint density at radius 3 is 1.88 bits per heavy atom. The van der Waals surface area contributed by atoms with Gasteiger partial charge in [-0.2, -0.15) is 0 Å². The molecule has 0 bridgehead atoms. The van der Waals surface area contributed by atoms with Crippen LogP contribution in [0.4, 0.5) is 0 Å². The Bertz CT molecular complexity index is 1290. The van der Waals surface area contributed by atoms with E-state index in [0.29, 0.717) is 18.6 Å². The molecule has 0 aliphatic heterocycles. The van der Waals surface area contributed by atoms with Crippen molar-refractivity contribution in [3.8, 4) is 17.2 Å². The molecule has 0 saturated heterocycles. The smallest absolute Gasteiger partial charge is 0.242 e. The fourth-order valence-electron chi connectivity index (χ4n) is 4.93. The quantitative estimate of drug-likeness (QED) is 0.236. The average Bonchev–Trinajstić information content (AvgIpc) is 2.99. The SMILES string of the molecule is CNC(=O)[C@H](Cc1ccc(OC)cc1)NC(=O)C(C)(CC(C)C)c1ccc(OC)cc1SCc1ccc(OC)cc1. The van der Waals surface area contributed by atoms with Crippen LogP contribution in [-0.4, -0.2) is 46.2 Å². The fraction of sp³-hybridized carbons (Fsp3) is 0.394. The zero-order valence-corrected chi connectivity index (χ0v) is 25.9. The highest BCUT2D eigenvalue weighted by Crippen LogP contribution is 2.40. The standard InChI is InChI=1S/C33H42N2O5S/c1-22(2)20-33(3,32(37)35-29(31(36)34-4)18-23-8-12-25(38-5)13-9-23)28-17-16-27(40-7)19-30(28)41-21-24-10-14-26(39-6)15-11-24/h8-17,19,22,29H,18,20-21H2,1-7H3,(H,34,36)(H,35,37)/t29-,33?/m0/s1. The summed E-state index contributed by atoms with van der Waals surface area (Å²) in [4.78, 5) is 28.1. The number of nitrogens with one attached hydrogen (secondary N) is 2. The monoisotopic (exact) mass is 578 g/mol. The maximum Gasteiger partial charge on any atom is 0.242 e. The van der Waals surface area contributed by atoms with Gasteiger partial charge in [0.2, 0.25) is 11.8 Å². The molecule has 3 aromatic rings. The molecule has 0 radical (unpaired) electrons. The number of likely N-dealkylation sites (N-methyl/N-ethyl adjacent to an activating group) is 1. The largest absolute Gasteiger partial charge is 0.497 e. The Morgan fingerprint density at radius 1 is 0.829 bits per heavy atom. The number of hydrogen-bond acceptors (Lipinski definition) is 6. The van der Waals surface area contributed by atoms with Crippen molar-refractivity contribution in [3.63, 3.8) is 0 Å². The highest BCUT2D eigenvalue weighted by atomic mass is 32.2. The van der Waals surface area contributed by atoms with Crippen molar-refractivity contribution in [2.45, 2.75) is 55.7 Å². The van der Waals surface area contributed by atoms with Gasteiger partial charge in [-0.05, 0) is 72.4 Å². The van der Waals surface area contributed by atoms with Crippen molar-refractivity contribution < 1.29 is 23.8 Å². The van der Waals surface area contributed by atoms with Crippen LogP contribution < -0.4 is 24.8 Å². The van der Waals surface area contributed by atoms with Crippen molar-refractivity contribution in [1.29, 1.82) is 0 Å². The summed E-state index contributed by atoms with van der Waals surface area (Å²) < 4.78 is 16.1. The molecule has 0 saturated carbocycles. The van der Waals surface area contributed by atoms with E-state index in [1.165, 1.54) is 0 Å². The molecule has 0 fully saturated rings. The van der Waals surface area contributed by atoms with E-state index in [4.69, 9.17) is 14.2 Å². The maximum absolute atomic E-state index is 14.2. The van der Waals surface area contributed by atoms with Crippen LogP contribution in [0.5, 0.6) is 17.2 Å². The molecule has 2 amide bonds. The fourth-order valence-corrected chi connectivity index (χ4v) is 6.09. The molecule has 3 rings (SSSR count). The predicted molar refractivity (Wildman–Crippen MR) is 165 cm³/mol. The van der Waals surface area contributed by atoms with E-state index in [1.54, 1.807) is 40.1 Å². The number of amides is 2. The number of rotatable bonds is 14. The molecule has 7 nitrogen and oxygen atoms in total. The van der Waals surface area contributed by atoms with E-state index in [1.807, 2.05) is 73.7 Å². The number of ether oxygens (including phenoxy) is 3. The summed E-state index contributed by atoms with van der Waals surface area (Å²) in [5.41, 5.74) is 2.07. The lowest BCUT2D eigenvalue weighted by Crippen LogP contribution is -2.53. The first kappa shape index (κ1) is 31.9. The molecule has 0 aliphatic rings. The molecular formula is C33H42N2O5S. The zero-order chi connectivity index (χ0) is 30.0. The van der Waals surface area contributed by atoms with Crippen LogP contribution in [0.3, 0.4) is 0 Å². The van der Waals surface area contributed by atoms with Gasteiger partial charge in [0.15, 0.2) is 0 Å². The third-order valence-corrected chi connectivity index (χ3v) is 8.25. The lowest BCUT2D eigenvalue weighted by molar-refractivity contribution is -0.132. The van der Waals surface area contributed by atoms with Crippen LogP contribution >= 0.6 is 11.8 Å². The van der Waals surface area contributed by atoms with Crippen LogP contribution in [0.15, 0.2) is 71.6 Å². The van der Waals surface area contributed by atoms with E-state index in [-0.39, 0.29) is 17.7 Å². The van der Waals surface area contributed by atoms with Gasteiger partial charge in [0, 0.05) is 24.1 Å². The van der Waals surface area contributed by atoms with Crippen molar-refractivity contribution in [1.82, 2.24) is 10.6 Å². The Kier molecular flexibility index (Phi) is 11.5. The van der Waals surface area contributed by atoms with E-state index in [9.17, 15) is 9.59 Å². The van der Waals surface area contributed by atoms with Gasteiger partial charge in [0.1, 0.15) is 23.3 Å². The van der Waals surface area contributed by atoms with Crippen LogP contribution in [0, 0.1) is 5.92 Å². The van der Waals surface area contributed by atoms with Gasteiger partial charge in [-0.25, -0.2) is 0 Å². The summed E-state index contributed by atoms with van der Waals surface area (Å²) in [5, 5.41) is 5.81. The van der Waals surface area contributed by atoms with Gasteiger partial charge < -0.3 is 24.8 Å². The van der Waals surface area contributed by atoms with Crippen LogP contribution in [-0.2, 0) is 27.2 Å². The van der Waals surface area contributed by atoms with E-state index in [2.05, 4.69) is 24.5 Å². The van der Waals surface area contributed by atoms with E-state index in [0.717, 1.165) is 38.8 Å². The highest BCUT2D eigenvalue weighted by molar-refractivity contribution is 7.98. The maximum atomic E-state index is 14.2. The summed E-state index contributed by atoms with van der Waals surface area (Å²) in [6.07, 6.45) is 0.957. The van der Waals surface area contributed by atoms with Crippen LogP contribution in [0.25, 0.3) is 0 Å². The molecule has 1 unspecified atom stereocenters. The van der Waals surface area contributed by atoms with Gasteiger partial charge in [-0.1, -0.05) is 44.2 Å². The number of benzene rings is 3. The first-order valence-corrected chi connectivity index (χ1v) is 14.7. The number of carbonyl (C=O) groups excluding carboxylic acids is 2. The minimum atomic E-state index is -0.894. The topological polar surface area (TPSA) is 85.9 Å². The molecule has 0 aromatic heterocycles. The third kappa shape index (κ3) is 8.43. The Labute approximate surface area is 248 Å². The second kappa shape index (κ2) is 14.8.